The lowest BCUT2D eigenvalue weighted by atomic mass is 9.64. The summed E-state index contributed by atoms with van der Waals surface area (Å²) < 4.78 is 1.23. The zero-order chi connectivity index (χ0) is 22.5. The van der Waals surface area contributed by atoms with Crippen LogP contribution in [0.3, 0.4) is 0 Å². The number of amides is 3. The van der Waals surface area contributed by atoms with E-state index in [4.69, 9.17) is 4.98 Å². The molecule has 3 fully saturated rings. The lowest BCUT2D eigenvalue weighted by molar-refractivity contribution is -0.136. The minimum absolute atomic E-state index is 0.0287. The highest BCUT2D eigenvalue weighted by Crippen LogP contribution is 2.46. The molecule has 3 heterocycles. The number of hydrogen-bond acceptors (Lipinski definition) is 6. The summed E-state index contributed by atoms with van der Waals surface area (Å²) in [6.45, 7) is 11.4. The first-order valence-electron chi connectivity index (χ1n) is 11.7. The smallest absolute Gasteiger partial charge is 0.323 e. The van der Waals surface area contributed by atoms with Gasteiger partial charge in [-0.25, -0.2) is 14.7 Å². The third-order valence-corrected chi connectivity index (χ3v) is 8.15. The molecule has 1 N–H and O–H groups in total. The fourth-order valence-corrected chi connectivity index (χ4v) is 7.11. The zero-order valence-electron chi connectivity index (χ0n) is 19.3. The van der Waals surface area contributed by atoms with Crippen molar-refractivity contribution in [3.63, 3.8) is 0 Å². The lowest BCUT2D eigenvalue weighted by Crippen LogP contribution is -2.55. The Bertz CT molecular complexity index is 995. The molecule has 1 aliphatic carbocycles. The number of nitrogens with one attached hydrogen (secondary N) is 1. The molecule has 1 aromatic heterocycles. The summed E-state index contributed by atoms with van der Waals surface area (Å²) >= 11 is 1.76. The molecule has 8 heteroatoms. The van der Waals surface area contributed by atoms with Crippen molar-refractivity contribution in [1.82, 2.24) is 25.0 Å². The third-order valence-electron chi connectivity index (χ3n) is 7.13. The van der Waals surface area contributed by atoms with Gasteiger partial charge in [0.1, 0.15) is 10.5 Å². The first kappa shape index (κ1) is 21.8. The van der Waals surface area contributed by atoms with Gasteiger partial charge in [-0.3, -0.25) is 14.6 Å². The van der Waals surface area contributed by atoms with Gasteiger partial charge in [0.15, 0.2) is 0 Å². The van der Waals surface area contributed by atoms with Gasteiger partial charge in [-0.1, -0.05) is 32.9 Å². The van der Waals surface area contributed by atoms with Gasteiger partial charge in [0.2, 0.25) is 0 Å². The van der Waals surface area contributed by atoms with Crippen LogP contribution in [0, 0.1) is 11.3 Å². The van der Waals surface area contributed by atoms with Crippen LogP contribution in [0.2, 0.25) is 0 Å². The van der Waals surface area contributed by atoms with Crippen molar-refractivity contribution in [2.75, 3.05) is 32.8 Å². The van der Waals surface area contributed by atoms with Crippen LogP contribution in [-0.2, 0) is 11.3 Å². The van der Waals surface area contributed by atoms with E-state index in [0.717, 1.165) is 62.5 Å². The normalized spacial score (nSPS) is 29.2. The molecule has 3 amide bonds. The maximum atomic E-state index is 13.4. The fraction of sp³-hybridized carbons (Fsp3) is 0.625. The number of carbonyl (C=O) groups excluding carboxylic acids is 2. The van der Waals surface area contributed by atoms with Crippen LogP contribution in [0.5, 0.6) is 0 Å². The predicted octanol–water partition coefficient (Wildman–Crippen LogP) is 3.51. The van der Waals surface area contributed by atoms with Crippen molar-refractivity contribution in [3.05, 3.63) is 29.3 Å². The number of thiazole rings is 1. The molecule has 3 aliphatic rings. The van der Waals surface area contributed by atoms with Crippen molar-refractivity contribution in [2.45, 2.75) is 52.1 Å². The van der Waals surface area contributed by atoms with Gasteiger partial charge in [0.05, 0.1) is 23.4 Å². The van der Waals surface area contributed by atoms with Gasteiger partial charge in [-0.2, -0.15) is 0 Å². The number of carbonyl (C=O) groups is 2. The summed E-state index contributed by atoms with van der Waals surface area (Å²) in [4.78, 5) is 37.0. The van der Waals surface area contributed by atoms with E-state index in [1.807, 2.05) is 6.07 Å². The molecule has 32 heavy (non-hydrogen) atoms. The molecule has 1 spiro atoms. The van der Waals surface area contributed by atoms with Crippen LogP contribution in [-0.4, -0.2) is 70.0 Å². The topological polar surface area (TPSA) is 68.8 Å². The second kappa shape index (κ2) is 8.08. The summed E-state index contributed by atoms with van der Waals surface area (Å²) in [5, 5.41) is 4.24. The van der Waals surface area contributed by atoms with Crippen LogP contribution in [0.15, 0.2) is 24.3 Å². The van der Waals surface area contributed by atoms with Gasteiger partial charge in [0, 0.05) is 26.2 Å². The molecule has 2 aromatic rings. The Labute approximate surface area is 193 Å². The highest BCUT2D eigenvalue weighted by Gasteiger charge is 2.56. The number of fused-ring (bicyclic) bond motifs is 1. The molecule has 0 radical (unpaired) electrons. The Balaban J connectivity index is 1.18. The molecule has 0 bridgehead atoms. The number of imide groups is 1. The largest absolute Gasteiger partial charge is 0.326 e. The van der Waals surface area contributed by atoms with Crippen molar-refractivity contribution >= 4 is 33.5 Å². The van der Waals surface area contributed by atoms with E-state index >= 15 is 0 Å². The van der Waals surface area contributed by atoms with Crippen molar-refractivity contribution in [2.24, 2.45) is 11.3 Å². The van der Waals surface area contributed by atoms with Crippen LogP contribution < -0.4 is 5.32 Å². The number of urea groups is 1. The average molecular weight is 456 g/mol. The van der Waals surface area contributed by atoms with Gasteiger partial charge >= 0.3 is 6.03 Å². The Morgan fingerprint density at radius 2 is 1.81 bits per heavy atom. The van der Waals surface area contributed by atoms with Gasteiger partial charge in [-0.05, 0) is 42.7 Å². The van der Waals surface area contributed by atoms with Crippen molar-refractivity contribution in [1.29, 1.82) is 0 Å². The van der Waals surface area contributed by atoms with Crippen LogP contribution in [0.4, 0.5) is 4.79 Å². The summed E-state index contributed by atoms with van der Waals surface area (Å²) in [5.41, 5.74) is 0.411. The van der Waals surface area contributed by atoms with E-state index in [2.05, 4.69) is 54.1 Å². The standard InChI is InChI=1S/C24H33N5O2S/c1-17-12-23(2,3)15-24(13-17)21(30)29(22(31)26-24)16-28-10-8-27(9-11-28)14-20-25-18-6-4-5-7-19(18)32-20/h4-7,17H,8-16H2,1-3H3,(H,26,31)/t17-,24-/m1/s1. The number of benzene rings is 1. The van der Waals surface area contributed by atoms with E-state index in [1.54, 1.807) is 11.3 Å². The molecular weight excluding hydrogens is 422 g/mol. The van der Waals surface area contributed by atoms with Crippen LogP contribution >= 0.6 is 11.3 Å². The van der Waals surface area contributed by atoms with Gasteiger partial charge in [0.25, 0.3) is 5.91 Å². The highest BCUT2D eigenvalue weighted by atomic mass is 32.1. The Morgan fingerprint density at radius 3 is 2.53 bits per heavy atom. The summed E-state index contributed by atoms with van der Waals surface area (Å²) in [6.07, 6.45) is 2.56. The number of aromatic nitrogens is 1. The molecule has 2 atom stereocenters. The number of rotatable bonds is 4. The highest BCUT2D eigenvalue weighted by molar-refractivity contribution is 7.18. The van der Waals surface area contributed by atoms with Gasteiger partial charge < -0.3 is 5.32 Å². The second-order valence-corrected chi connectivity index (χ2v) is 11.8. The fourth-order valence-electron chi connectivity index (χ4n) is 6.10. The minimum Gasteiger partial charge on any atom is -0.323 e. The predicted molar refractivity (Wildman–Crippen MR) is 126 cm³/mol. The Hall–Kier alpha value is -2.03. The van der Waals surface area contributed by atoms with E-state index in [0.29, 0.717) is 12.6 Å². The average Bonchev–Trinajstić information content (AvgIpc) is 3.21. The number of nitrogens with zero attached hydrogens (tertiary/aromatic N) is 4. The van der Waals surface area contributed by atoms with E-state index in [9.17, 15) is 9.59 Å². The molecule has 5 rings (SSSR count). The van der Waals surface area contributed by atoms with Crippen LogP contribution in [0.25, 0.3) is 10.2 Å². The SMILES string of the molecule is C[C@@H]1CC(C)(C)C[C@@]2(C1)NC(=O)N(CN1CCN(Cc3nc4ccccc4s3)CC1)C2=O. The first-order valence-corrected chi connectivity index (χ1v) is 12.5. The number of piperazine rings is 1. The molecule has 2 aliphatic heterocycles. The van der Waals surface area contributed by atoms with E-state index in [1.165, 1.54) is 9.60 Å². The maximum absolute atomic E-state index is 13.4. The summed E-state index contributed by atoms with van der Waals surface area (Å²) in [6, 6.07) is 8.04. The first-order chi connectivity index (χ1) is 15.2. The molecule has 1 aromatic carbocycles. The monoisotopic (exact) mass is 455 g/mol. The second-order valence-electron chi connectivity index (χ2n) is 10.7. The van der Waals surface area contributed by atoms with E-state index < -0.39 is 5.54 Å². The quantitative estimate of drug-likeness (QED) is 0.715. The molecule has 172 valence electrons. The molecule has 7 nitrogen and oxygen atoms in total. The number of hydrogen-bond donors (Lipinski definition) is 1. The Morgan fingerprint density at radius 1 is 1.09 bits per heavy atom. The number of para-hydroxylation sites is 1. The molecule has 0 unspecified atom stereocenters. The Kier molecular flexibility index (Phi) is 5.50. The maximum Gasteiger partial charge on any atom is 0.326 e. The van der Waals surface area contributed by atoms with Crippen molar-refractivity contribution in [3.8, 4) is 0 Å². The molecule has 2 saturated heterocycles. The minimum atomic E-state index is -0.715. The summed E-state index contributed by atoms with van der Waals surface area (Å²) in [5.74, 6) is 0.396. The molecular formula is C24H33N5O2S. The van der Waals surface area contributed by atoms with Crippen molar-refractivity contribution < 1.29 is 9.59 Å². The molecule has 1 saturated carbocycles. The van der Waals surface area contributed by atoms with Gasteiger partial charge in [-0.15, -0.1) is 11.3 Å². The summed E-state index contributed by atoms with van der Waals surface area (Å²) in [7, 11) is 0. The third kappa shape index (κ3) is 4.16. The lowest BCUT2D eigenvalue weighted by Gasteiger charge is -2.44. The van der Waals surface area contributed by atoms with E-state index in [-0.39, 0.29) is 17.4 Å². The van der Waals surface area contributed by atoms with Crippen LogP contribution in [0.1, 0.15) is 45.0 Å². The zero-order valence-corrected chi connectivity index (χ0v) is 20.1.